The van der Waals surface area contributed by atoms with Gasteiger partial charge in [-0.05, 0) is 42.7 Å². The third-order valence-electron chi connectivity index (χ3n) is 6.60. The summed E-state index contributed by atoms with van der Waals surface area (Å²) in [5.41, 5.74) is -0.0153. The van der Waals surface area contributed by atoms with Crippen molar-refractivity contribution in [1.82, 2.24) is 16.0 Å². The lowest BCUT2D eigenvalue weighted by molar-refractivity contribution is -0.120. The molecule has 2 fully saturated rings. The van der Waals surface area contributed by atoms with Crippen molar-refractivity contribution < 1.29 is 27.8 Å². The predicted molar refractivity (Wildman–Crippen MR) is 128 cm³/mol. The fourth-order valence-corrected chi connectivity index (χ4v) is 4.58. The Balaban J connectivity index is 1.30. The molecule has 1 saturated carbocycles. The van der Waals surface area contributed by atoms with E-state index < -0.39 is 41.1 Å². The molecule has 0 unspecified atom stereocenters. The number of rotatable bonds is 7. The number of amides is 3. The second-order valence-corrected chi connectivity index (χ2v) is 8.96. The zero-order chi connectivity index (χ0) is 25.3. The summed E-state index contributed by atoms with van der Waals surface area (Å²) in [6.45, 7) is -0.00599. The Kier molecular flexibility index (Phi) is 6.22. The van der Waals surface area contributed by atoms with Crippen LogP contribution in [0.2, 0.25) is 0 Å². The first-order valence-corrected chi connectivity index (χ1v) is 11.6. The Morgan fingerprint density at radius 3 is 2.33 bits per heavy atom. The van der Waals surface area contributed by atoms with E-state index in [0.29, 0.717) is 24.3 Å². The molecular weight excluding hydrogens is 468 g/mol. The van der Waals surface area contributed by atoms with Crippen LogP contribution < -0.4 is 25.4 Å². The molecule has 2 atom stereocenters. The molecule has 3 amide bonds. The minimum Gasteiger partial charge on any atom is -0.497 e. The van der Waals surface area contributed by atoms with E-state index in [4.69, 9.17) is 9.47 Å². The minimum atomic E-state index is -1.13. The normalized spacial score (nSPS) is 19.8. The van der Waals surface area contributed by atoms with E-state index in [-0.39, 0.29) is 17.9 Å². The zero-order valence-electron chi connectivity index (χ0n) is 19.5. The van der Waals surface area contributed by atoms with Crippen LogP contribution in [0.15, 0.2) is 66.7 Å². The molecule has 1 saturated heterocycles. The van der Waals surface area contributed by atoms with Crippen LogP contribution in [-0.4, -0.2) is 31.6 Å². The average molecular weight is 494 g/mol. The van der Waals surface area contributed by atoms with Crippen molar-refractivity contribution in [1.29, 1.82) is 0 Å². The lowest BCUT2D eigenvalue weighted by Gasteiger charge is -2.23. The lowest BCUT2D eigenvalue weighted by atomic mass is 9.92. The van der Waals surface area contributed by atoms with Crippen LogP contribution in [0.4, 0.5) is 13.6 Å². The summed E-state index contributed by atoms with van der Waals surface area (Å²) in [5, 5.41) is 8.16. The Morgan fingerprint density at radius 1 is 0.972 bits per heavy atom. The van der Waals surface area contributed by atoms with Crippen molar-refractivity contribution >= 4 is 11.9 Å². The summed E-state index contributed by atoms with van der Waals surface area (Å²) < 4.78 is 40.2. The largest absolute Gasteiger partial charge is 0.497 e. The van der Waals surface area contributed by atoms with Gasteiger partial charge in [-0.2, -0.15) is 0 Å². The molecule has 186 valence electrons. The van der Waals surface area contributed by atoms with Crippen molar-refractivity contribution in [3.63, 3.8) is 0 Å². The van der Waals surface area contributed by atoms with Crippen molar-refractivity contribution in [2.24, 2.45) is 0 Å². The van der Waals surface area contributed by atoms with E-state index in [9.17, 15) is 18.4 Å². The summed E-state index contributed by atoms with van der Waals surface area (Å²) in [5.74, 6) is -1.74. The molecule has 1 aliphatic carbocycles. The Bertz CT molecular complexity index is 1270. The summed E-state index contributed by atoms with van der Waals surface area (Å²) >= 11 is 0. The number of methoxy groups -OCH3 is 1. The monoisotopic (exact) mass is 493 g/mol. The number of halogens is 2. The number of urea groups is 1. The number of hydrogen-bond donors (Lipinski definition) is 3. The fraction of sp³-hybridized carbons (Fsp3) is 0.259. The molecule has 0 spiro atoms. The zero-order valence-corrected chi connectivity index (χ0v) is 19.5. The van der Waals surface area contributed by atoms with Crippen LogP contribution in [-0.2, 0) is 10.3 Å². The van der Waals surface area contributed by atoms with Crippen molar-refractivity contribution in [2.75, 3.05) is 13.7 Å². The molecule has 36 heavy (non-hydrogen) atoms. The van der Waals surface area contributed by atoms with Gasteiger partial charge in [0.25, 0.3) is 0 Å². The van der Waals surface area contributed by atoms with Crippen molar-refractivity contribution in [2.45, 2.75) is 30.3 Å². The first-order chi connectivity index (χ1) is 17.4. The molecule has 7 nitrogen and oxygen atoms in total. The molecule has 0 aromatic heterocycles. The van der Waals surface area contributed by atoms with Gasteiger partial charge in [-0.15, -0.1) is 0 Å². The van der Waals surface area contributed by atoms with Gasteiger partial charge < -0.3 is 25.4 Å². The maximum absolute atomic E-state index is 14.7. The summed E-state index contributed by atoms with van der Waals surface area (Å²) in [6.07, 6.45) is 1.41. The quantitative estimate of drug-likeness (QED) is 0.457. The maximum Gasteiger partial charge on any atom is 0.316 e. The molecule has 0 bridgehead atoms. The fourth-order valence-electron chi connectivity index (χ4n) is 4.58. The highest BCUT2D eigenvalue weighted by Crippen LogP contribution is 2.46. The second kappa shape index (κ2) is 9.49. The summed E-state index contributed by atoms with van der Waals surface area (Å²) in [7, 11) is 1.31. The molecule has 9 heteroatoms. The molecular formula is C27H25F2N3O4. The number of benzene rings is 3. The lowest BCUT2D eigenvalue weighted by Crippen LogP contribution is -2.50. The van der Waals surface area contributed by atoms with Crippen molar-refractivity contribution in [3.05, 3.63) is 89.5 Å². The highest BCUT2D eigenvalue weighted by atomic mass is 19.1. The van der Waals surface area contributed by atoms with E-state index in [1.165, 1.54) is 7.11 Å². The molecule has 0 radical (unpaired) electrons. The van der Waals surface area contributed by atoms with Gasteiger partial charge in [0.05, 0.1) is 12.6 Å². The van der Waals surface area contributed by atoms with E-state index in [2.05, 4.69) is 16.0 Å². The number of para-hydroxylation sites is 1. The van der Waals surface area contributed by atoms with Gasteiger partial charge in [0.2, 0.25) is 5.91 Å². The Morgan fingerprint density at radius 2 is 1.67 bits per heavy atom. The highest BCUT2D eigenvalue weighted by molar-refractivity contribution is 5.90. The van der Waals surface area contributed by atoms with Gasteiger partial charge >= 0.3 is 6.03 Å². The summed E-state index contributed by atoms with van der Waals surface area (Å²) in [6, 6.07) is 17.2. The summed E-state index contributed by atoms with van der Waals surface area (Å²) in [4.78, 5) is 25.4. The first kappa shape index (κ1) is 23.6. The van der Waals surface area contributed by atoms with Gasteiger partial charge in [0.1, 0.15) is 34.9 Å². The van der Waals surface area contributed by atoms with Gasteiger partial charge in [0.15, 0.2) is 0 Å². The molecule has 1 aliphatic heterocycles. The average Bonchev–Trinajstić information content (AvgIpc) is 3.57. The van der Waals surface area contributed by atoms with Crippen LogP contribution in [0.3, 0.4) is 0 Å². The number of carbonyl (C=O) groups excluding carboxylic acids is 2. The Labute approximate surface area is 206 Å². The Hall–Kier alpha value is -4.14. The van der Waals surface area contributed by atoms with E-state index in [0.717, 1.165) is 17.7 Å². The molecule has 2 aliphatic rings. The molecule has 5 rings (SSSR count). The number of carbonyl (C=O) groups is 2. The van der Waals surface area contributed by atoms with E-state index in [1.807, 2.05) is 54.6 Å². The molecule has 3 N–H and O–H groups in total. The van der Waals surface area contributed by atoms with Crippen LogP contribution in [0.25, 0.3) is 0 Å². The third kappa shape index (κ3) is 4.68. The molecule has 1 heterocycles. The second-order valence-electron chi connectivity index (χ2n) is 8.96. The number of hydrogen-bond acceptors (Lipinski definition) is 4. The maximum atomic E-state index is 14.7. The van der Waals surface area contributed by atoms with Gasteiger partial charge in [-0.25, -0.2) is 13.6 Å². The van der Waals surface area contributed by atoms with Gasteiger partial charge in [-0.1, -0.05) is 30.3 Å². The van der Waals surface area contributed by atoms with Gasteiger partial charge in [0, 0.05) is 30.2 Å². The first-order valence-electron chi connectivity index (χ1n) is 11.6. The third-order valence-corrected chi connectivity index (χ3v) is 6.60. The SMILES string of the molecule is COc1cc(F)c([C@@H]2CNC(=O)[C@H]2NC(=O)NC2(c3cccc(Oc4ccccc4)c3)CC2)c(F)c1. The van der Waals surface area contributed by atoms with Crippen LogP contribution in [0.1, 0.15) is 29.9 Å². The van der Waals surface area contributed by atoms with Crippen molar-refractivity contribution in [3.8, 4) is 17.2 Å². The predicted octanol–water partition coefficient (Wildman–Crippen LogP) is 4.34. The van der Waals surface area contributed by atoms with Gasteiger partial charge in [-0.3, -0.25) is 4.79 Å². The topological polar surface area (TPSA) is 88.7 Å². The van der Waals surface area contributed by atoms with Crippen LogP contribution in [0.5, 0.6) is 17.2 Å². The number of nitrogens with one attached hydrogen (secondary N) is 3. The minimum absolute atomic E-state index is 0.00599. The van der Waals surface area contributed by atoms with Crippen LogP contribution in [0, 0.1) is 11.6 Å². The smallest absolute Gasteiger partial charge is 0.316 e. The van der Waals surface area contributed by atoms with E-state index >= 15 is 0 Å². The van der Waals surface area contributed by atoms with Crippen LogP contribution >= 0.6 is 0 Å². The standard InChI is InChI=1S/C27H25F2N3O4/c1-35-19-13-21(28)23(22(29)14-19)20-15-30-25(33)24(20)31-26(34)32-27(10-11-27)16-6-5-9-18(12-16)36-17-7-3-2-4-8-17/h2-9,12-14,20,24H,10-11,15H2,1H3,(H,30,33)(H2,31,32,34)/t20-,24-/m0/s1. The highest BCUT2D eigenvalue weighted by Gasteiger charge is 2.47. The van der Waals surface area contributed by atoms with E-state index in [1.54, 1.807) is 0 Å². The molecule has 3 aromatic carbocycles. The number of ether oxygens (including phenoxy) is 2. The molecule has 3 aromatic rings.